The maximum atomic E-state index is 11.0. The molecule has 1 aromatic rings. The molecule has 0 saturated carbocycles. The molecule has 0 aliphatic carbocycles. The first kappa shape index (κ1) is 9.17. The highest BCUT2D eigenvalue weighted by atomic mass is 16.6. The summed E-state index contributed by atoms with van der Waals surface area (Å²) in [5.41, 5.74) is 4.93. The number of anilines is 1. The van der Waals surface area contributed by atoms with Gasteiger partial charge in [-0.05, 0) is 11.3 Å². The third kappa shape index (κ3) is 1.48. The lowest BCUT2D eigenvalue weighted by Gasteiger charge is -1.99. The first-order valence-electron chi connectivity index (χ1n) is 3.59. The third-order valence-electron chi connectivity index (χ3n) is 1.63. The van der Waals surface area contributed by atoms with Crippen LogP contribution in [0.15, 0.2) is 4.79 Å². The van der Waals surface area contributed by atoms with E-state index in [1.165, 1.54) is 0 Å². The van der Waals surface area contributed by atoms with Gasteiger partial charge in [0.15, 0.2) is 0 Å². The van der Waals surface area contributed by atoms with E-state index in [4.69, 9.17) is 5.73 Å². The van der Waals surface area contributed by atoms with Crippen LogP contribution >= 0.6 is 0 Å². The van der Waals surface area contributed by atoms with Gasteiger partial charge in [0.25, 0.3) is 5.56 Å². The monoisotopic (exact) mass is 184 g/mol. The average molecular weight is 184 g/mol. The molecule has 0 fully saturated rings. The molecule has 7 nitrogen and oxygen atoms in total. The Kier molecular flexibility index (Phi) is 2.27. The van der Waals surface area contributed by atoms with Crippen molar-refractivity contribution in [2.75, 3.05) is 5.73 Å². The maximum Gasteiger partial charge on any atom is 0.411 e. The van der Waals surface area contributed by atoms with E-state index in [0.717, 1.165) is 0 Å². The second kappa shape index (κ2) is 3.21. The van der Waals surface area contributed by atoms with Crippen LogP contribution in [0.2, 0.25) is 0 Å². The molecule has 1 rings (SSSR count). The van der Waals surface area contributed by atoms with Crippen molar-refractivity contribution in [3.63, 3.8) is 0 Å². The van der Waals surface area contributed by atoms with Crippen molar-refractivity contribution < 1.29 is 4.92 Å². The molecule has 0 unspecified atom stereocenters. The minimum absolute atomic E-state index is 0.156. The first-order valence-corrected chi connectivity index (χ1v) is 3.59. The highest BCUT2D eigenvalue weighted by Crippen LogP contribution is 2.17. The molecule has 13 heavy (non-hydrogen) atoms. The molecule has 0 aromatic carbocycles. The SMILES string of the molecule is CCc1c(N)c([N+](=O)[O-])n[nH]c1=O. The Morgan fingerprint density at radius 2 is 2.31 bits per heavy atom. The summed E-state index contributed by atoms with van der Waals surface area (Å²) in [4.78, 5) is 20.6. The molecular formula is C6H8N4O3. The summed E-state index contributed by atoms with van der Waals surface area (Å²) in [5, 5.41) is 15.6. The van der Waals surface area contributed by atoms with E-state index in [1.54, 1.807) is 6.92 Å². The van der Waals surface area contributed by atoms with Crippen molar-refractivity contribution in [1.82, 2.24) is 10.2 Å². The van der Waals surface area contributed by atoms with Gasteiger partial charge < -0.3 is 15.8 Å². The first-order chi connectivity index (χ1) is 6.07. The molecule has 0 aliphatic rings. The van der Waals surface area contributed by atoms with Crippen LogP contribution in [0.1, 0.15) is 12.5 Å². The van der Waals surface area contributed by atoms with Gasteiger partial charge >= 0.3 is 5.82 Å². The zero-order valence-corrected chi connectivity index (χ0v) is 6.90. The second-order valence-corrected chi connectivity index (χ2v) is 2.38. The van der Waals surface area contributed by atoms with Crippen LogP contribution in [0.5, 0.6) is 0 Å². The molecule has 0 aliphatic heterocycles. The summed E-state index contributed by atoms with van der Waals surface area (Å²) >= 11 is 0. The normalized spacial score (nSPS) is 9.92. The number of rotatable bonds is 2. The summed E-state index contributed by atoms with van der Waals surface area (Å²) in [5.74, 6) is -0.503. The van der Waals surface area contributed by atoms with Crippen LogP contribution in [-0.2, 0) is 6.42 Å². The van der Waals surface area contributed by atoms with Gasteiger partial charge in [0.05, 0.1) is 10.7 Å². The Balaban J connectivity index is 3.45. The van der Waals surface area contributed by atoms with Gasteiger partial charge in [-0.3, -0.25) is 4.79 Å². The number of aromatic nitrogens is 2. The van der Waals surface area contributed by atoms with Crippen LogP contribution in [0, 0.1) is 10.1 Å². The molecule has 0 radical (unpaired) electrons. The Morgan fingerprint density at radius 1 is 1.69 bits per heavy atom. The average Bonchev–Trinajstić information content (AvgIpc) is 2.04. The van der Waals surface area contributed by atoms with Crippen LogP contribution in [0.4, 0.5) is 11.5 Å². The van der Waals surface area contributed by atoms with Gasteiger partial charge in [0.2, 0.25) is 0 Å². The minimum atomic E-state index is -0.732. The summed E-state index contributed by atoms with van der Waals surface area (Å²) in [6.07, 6.45) is 0.338. The molecule has 0 spiro atoms. The standard InChI is InChI=1S/C6H8N4O3/c1-2-3-4(7)5(10(12)13)8-9-6(3)11/h2H2,1H3,(H3,7,9,11). The Labute approximate surface area is 72.7 Å². The predicted molar refractivity (Wildman–Crippen MR) is 45.3 cm³/mol. The van der Waals surface area contributed by atoms with Crippen molar-refractivity contribution in [1.29, 1.82) is 0 Å². The fourth-order valence-electron chi connectivity index (χ4n) is 0.979. The van der Waals surface area contributed by atoms with Crippen molar-refractivity contribution in [2.24, 2.45) is 0 Å². The van der Waals surface area contributed by atoms with Crippen LogP contribution < -0.4 is 11.3 Å². The number of nitro groups is 1. The zero-order chi connectivity index (χ0) is 10.0. The Morgan fingerprint density at radius 3 is 2.77 bits per heavy atom. The molecule has 1 aromatic heterocycles. The summed E-state index contributed by atoms with van der Waals surface area (Å²) in [6, 6.07) is 0. The van der Waals surface area contributed by atoms with E-state index in [-0.39, 0.29) is 11.3 Å². The van der Waals surface area contributed by atoms with E-state index >= 15 is 0 Å². The molecule has 3 N–H and O–H groups in total. The smallest absolute Gasteiger partial charge is 0.391 e. The van der Waals surface area contributed by atoms with Gasteiger partial charge in [-0.1, -0.05) is 6.92 Å². The molecule has 0 bridgehead atoms. The topological polar surface area (TPSA) is 115 Å². The number of aromatic amines is 1. The van der Waals surface area contributed by atoms with Crippen LogP contribution in [-0.4, -0.2) is 15.1 Å². The van der Waals surface area contributed by atoms with E-state index in [1.807, 2.05) is 5.10 Å². The van der Waals surface area contributed by atoms with E-state index in [0.29, 0.717) is 6.42 Å². The molecule has 0 amide bonds. The minimum Gasteiger partial charge on any atom is -0.391 e. The van der Waals surface area contributed by atoms with Crippen LogP contribution in [0.3, 0.4) is 0 Å². The van der Waals surface area contributed by atoms with E-state index in [2.05, 4.69) is 5.10 Å². The lowest BCUT2D eigenvalue weighted by molar-refractivity contribution is -0.389. The van der Waals surface area contributed by atoms with Gasteiger partial charge in [0, 0.05) is 0 Å². The molecule has 7 heteroatoms. The number of nitrogens with one attached hydrogen (secondary N) is 1. The van der Waals surface area contributed by atoms with Gasteiger partial charge in [-0.15, -0.1) is 5.10 Å². The van der Waals surface area contributed by atoms with Crippen LogP contribution in [0.25, 0.3) is 0 Å². The number of nitrogens with zero attached hydrogens (tertiary/aromatic N) is 2. The lowest BCUT2D eigenvalue weighted by Crippen LogP contribution is -2.18. The fourth-order valence-corrected chi connectivity index (χ4v) is 0.979. The van der Waals surface area contributed by atoms with E-state index < -0.39 is 16.3 Å². The van der Waals surface area contributed by atoms with Crippen molar-refractivity contribution in [3.8, 4) is 0 Å². The Hall–Kier alpha value is -1.92. The Bertz CT molecular complexity index is 397. The van der Waals surface area contributed by atoms with Gasteiger partial charge in [-0.25, -0.2) is 0 Å². The van der Waals surface area contributed by atoms with Gasteiger partial charge in [0.1, 0.15) is 5.69 Å². The molecule has 70 valence electrons. The number of H-pyrrole nitrogens is 1. The lowest BCUT2D eigenvalue weighted by atomic mass is 10.2. The highest BCUT2D eigenvalue weighted by Gasteiger charge is 2.18. The van der Waals surface area contributed by atoms with Gasteiger partial charge in [-0.2, -0.15) is 0 Å². The third-order valence-corrected chi connectivity index (χ3v) is 1.63. The number of nitrogen functional groups attached to an aromatic ring is 1. The molecule has 0 atom stereocenters. The fraction of sp³-hybridized carbons (Fsp3) is 0.333. The second-order valence-electron chi connectivity index (χ2n) is 2.38. The zero-order valence-electron chi connectivity index (χ0n) is 6.90. The summed E-state index contributed by atoms with van der Waals surface area (Å²) < 4.78 is 0. The highest BCUT2D eigenvalue weighted by molar-refractivity contribution is 5.57. The molecule has 1 heterocycles. The summed E-state index contributed by atoms with van der Waals surface area (Å²) in [7, 11) is 0. The van der Waals surface area contributed by atoms with E-state index in [9.17, 15) is 14.9 Å². The van der Waals surface area contributed by atoms with Crippen molar-refractivity contribution in [2.45, 2.75) is 13.3 Å². The predicted octanol–water partition coefficient (Wildman–Crippen LogP) is -0.177. The van der Waals surface area contributed by atoms with Crippen molar-refractivity contribution >= 4 is 11.5 Å². The number of hydrogen-bond acceptors (Lipinski definition) is 5. The molecule has 0 saturated heterocycles. The van der Waals surface area contributed by atoms with Crippen molar-refractivity contribution in [3.05, 3.63) is 26.0 Å². The largest absolute Gasteiger partial charge is 0.411 e. The molecular weight excluding hydrogens is 176 g/mol. The number of hydrogen-bond donors (Lipinski definition) is 2. The maximum absolute atomic E-state index is 11.0. The quantitative estimate of drug-likeness (QED) is 0.488. The number of nitrogens with two attached hydrogens (primary N) is 1. The summed E-state index contributed by atoms with van der Waals surface area (Å²) in [6.45, 7) is 1.69.